The summed E-state index contributed by atoms with van der Waals surface area (Å²) in [6.45, 7) is 0.370. The van der Waals surface area contributed by atoms with Crippen LogP contribution < -0.4 is 4.72 Å². The van der Waals surface area contributed by atoms with Crippen molar-refractivity contribution < 1.29 is 12.8 Å². The number of H-pyrrole nitrogens is 1. The van der Waals surface area contributed by atoms with Gasteiger partial charge in [-0.3, -0.25) is 0 Å². The molecule has 102 valence electrons. The molecule has 1 aromatic carbocycles. The highest BCUT2D eigenvalue weighted by atomic mass is 32.2. The summed E-state index contributed by atoms with van der Waals surface area (Å²) in [7, 11) is -3.20. The molecular weight excluding hydrogens is 267 g/mol. The van der Waals surface area contributed by atoms with Crippen LogP contribution in [0.25, 0.3) is 10.9 Å². The van der Waals surface area contributed by atoms with Crippen molar-refractivity contribution >= 4 is 20.9 Å². The van der Waals surface area contributed by atoms with Crippen molar-refractivity contribution in [2.45, 2.75) is 18.3 Å². The van der Waals surface area contributed by atoms with Crippen molar-refractivity contribution in [2.75, 3.05) is 12.8 Å². The molecule has 0 aliphatic heterocycles. The van der Waals surface area contributed by atoms with Gasteiger partial charge in [-0.25, -0.2) is 17.5 Å². The molecule has 2 aromatic rings. The number of hydrogen-bond donors (Lipinski definition) is 2. The second kappa shape index (κ2) is 4.05. The Hall–Kier alpha value is -1.40. The molecule has 6 heteroatoms. The van der Waals surface area contributed by atoms with E-state index in [0.717, 1.165) is 35.6 Å². The van der Waals surface area contributed by atoms with E-state index in [1.807, 2.05) is 6.20 Å². The SMILES string of the molecule is CS(=O)(=O)NCC1(c2c[nH]c3ccc(F)cc23)CC1. The minimum atomic E-state index is -3.20. The molecule has 0 atom stereocenters. The number of hydrogen-bond acceptors (Lipinski definition) is 2. The molecule has 0 bridgehead atoms. The molecule has 19 heavy (non-hydrogen) atoms. The van der Waals surface area contributed by atoms with Crippen LogP contribution >= 0.6 is 0 Å². The summed E-state index contributed by atoms with van der Waals surface area (Å²) in [5.41, 5.74) is 1.69. The molecule has 1 fully saturated rings. The van der Waals surface area contributed by atoms with Crippen LogP contribution in [-0.4, -0.2) is 26.2 Å². The Balaban J connectivity index is 1.97. The number of benzene rings is 1. The second-order valence-corrected chi connectivity index (χ2v) is 7.10. The topological polar surface area (TPSA) is 62.0 Å². The zero-order valence-corrected chi connectivity index (χ0v) is 11.3. The molecule has 0 spiro atoms. The van der Waals surface area contributed by atoms with E-state index in [2.05, 4.69) is 9.71 Å². The molecule has 0 radical (unpaired) electrons. The zero-order valence-electron chi connectivity index (χ0n) is 10.5. The average molecular weight is 282 g/mol. The minimum Gasteiger partial charge on any atom is -0.361 e. The van der Waals surface area contributed by atoms with Crippen molar-refractivity contribution in [2.24, 2.45) is 0 Å². The number of halogens is 1. The number of aromatic amines is 1. The van der Waals surface area contributed by atoms with E-state index in [1.165, 1.54) is 12.1 Å². The fourth-order valence-electron chi connectivity index (χ4n) is 2.49. The normalized spacial score (nSPS) is 17.8. The highest BCUT2D eigenvalue weighted by Gasteiger charge is 2.46. The van der Waals surface area contributed by atoms with Crippen LogP contribution in [0.15, 0.2) is 24.4 Å². The van der Waals surface area contributed by atoms with Crippen LogP contribution in [0.3, 0.4) is 0 Å². The third kappa shape index (κ3) is 2.37. The zero-order chi connectivity index (χ0) is 13.7. The van der Waals surface area contributed by atoms with Crippen LogP contribution in [-0.2, 0) is 15.4 Å². The molecule has 0 amide bonds. The van der Waals surface area contributed by atoms with Crippen molar-refractivity contribution in [1.82, 2.24) is 9.71 Å². The minimum absolute atomic E-state index is 0.185. The van der Waals surface area contributed by atoms with E-state index >= 15 is 0 Å². The Kier molecular flexibility index (Phi) is 2.69. The monoisotopic (exact) mass is 282 g/mol. The van der Waals surface area contributed by atoms with E-state index in [0.29, 0.717) is 6.54 Å². The smallest absolute Gasteiger partial charge is 0.208 e. The van der Waals surface area contributed by atoms with Crippen molar-refractivity contribution in [1.29, 1.82) is 0 Å². The van der Waals surface area contributed by atoms with Gasteiger partial charge in [0, 0.05) is 29.1 Å². The summed E-state index contributed by atoms with van der Waals surface area (Å²) < 4.78 is 38.3. The first kappa shape index (κ1) is 12.6. The fraction of sp³-hybridized carbons (Fsp3) is 0.385. The first-order valence-corrected chi connectivity index (χ1v) is 8.01. The summed E-state index contributed by atoms with van der Waals surface area (Å²) in [5, 5.41) is 0.841. The number of fused-ring (bicyclic) bond motifs is 1. The van der Waals surface area contributed by atoms with Gasteiger partial charge in [0.25, 0.3) is 0 Å². The molecule has 1 aliphatic rings. The summed E-state index contributed by atoms with van der Waals surface area (Å²) in [6.07, 6.45) is 4.84. The molecule has 3 rings (SSSR count). The predicted octanol–water partition coefficient (Wildman–Crippen LogP) is 1.89. The maximum atomic E-state index is 13.4. The highest BCUT2D eigenvalue weighted by molar-refractivity contribution is 7.88. The third-order valence-corrected chi connectivity index (χ3v) is 4.41. The Morgan fingerprint density at radius 1 is 1.42 bits per heavy atom. The van der Waals surface area contributed by atoms with Crippen molar-refractivity contribution in [3.8, 4) is 0 Å². The van der Waals surface area contributed by atoms with Gasteiger partial charge < -0.3 is 4.98 Å². The maximum Gasteiger partial charge on any atom is 0.208 e. The van der Waals surface area contributed by atoms with Crippen LogP contribution in [0.4, 0.5) is 4.39 Å². The van der Waals surface area contributed by atoms with Gasteiger partial charge in [0.05, 0.1) is 6.26 Å². The quantitative estimate of drug-likeness (QED) is 0.899. The molecular formula is C13H15FN2O2S. The lowest BCUT2D eigenvalue weighted by molar-refractivity contribution is 0.573. The Labute approximate surface area is 111 Å². The largest absolute Gasteiger partial charge is 0.361 e. The highest BCUT2D eigenvalue weighted by Crippen LogP contribution is 2.50. The van der Waals surface area contributed by atoms with E-state index < -0.39 is 10.0 Å². The van der Waals surface area contributed by atoms with E-state index in [1.54, 1.807) is 6.07 Å². The summed E-state index contributed by atoms with van der Waals surface area (Å²) in [6, 6.07) is 4.62. The van der Waals surface area contributed by atoms with Gasteiger partial charge in [-0.1, -0.05) is 0 Å². The van der Waals surface area contributed by atoms with Gasteiger partial charge in [0.1, 0.15) is 5.82 Å². The summed E-state index contributed by atoms with van der Waals surface area (Å²) in [5.74, 6) is -0.278. The average Bonchev–Trinajstić information content (AvgIpc) is 3.00. The van der Waals surface area contributed by atoms with Crippen molar-refractivity contribution in [3.05, 3.63) is 35.8 Å². The standard InChI is InChI=1S/C13H15FN2O2S/c1-19(17,18)16-8-13(4-5-13)11-7-15-12-3-2-9(14)6-10(11)12/h2-3,6-7,15-16H,4-5,8H2,1H3. The Bertz CT molecular complexity index is 732. The number of rotatable bonds is 4. The first-order chi connectivity index (χ1) is 8.90. The van der Waals surface area contributed by atoms with E-state index in [-0.39, 0.29) is 11.2 Å². The maximum absolute atomic E-state index is 13.4. The fourth-order valence-corrected chi connectivity index (χ4v) is 3.03. The van der Waals surface area contributed by atoms with Gasteiger partial charge in [0.15, 0.2) is 0 Å². The van der Waals surface area contributed by atoms with Crippen LogP contribution in [0, 0.1) is 5.82 Å². The molecule has 0 unspecified atom stereocenters. The lowest BCUT2D eigenvalue weighted by Crippen LogP contribution is -2.31. The van der Waals surface area contributed by atoms with E-state index in [9.17, 15) is 12.8 Å². The summed E-state index contributed by atoms with van der Waals surface area (Å²) >= 11 is 0. The van der Waals surface area contributed by atoms with Crippen LogP contribution in [0.2, 0.25) is 0 Å². The van der Waals surface area contributed by atoms with Gasteiger partial charge in [-0.15, -0.1) is 0 Å². The van der Waals surface area contributed by atoms with Gasteiger partial charge >= 0.3 is 0 Å². The molecule has 1 heterocycles. The van der Waals surface area contributed by atoms with Crippen LogP contribution in [0.5, 0.6) is 0 Å². The lowest BCUT2D eigenvalue weighted by atomic mass is 9.96. The number of nitrogens with one attached hydrogen (secondary N) is 2. The van der Waals surface area contributed by atoms with Crippen LogP contribution in [0.1, 0.15) is 18.4 Å². The third-order valence-electron chi connectivity index (χ3n) is 3.74. The Morgan fingerprint density at radius 3 is 2.79 bits per heavy atom. The second-order valence-electron chi connectivity index (χ2n) is 5.27. The molecule has 4 nitrogen and oxygen atoms in total. The molecule has 2 N–H and O–H groups in total. The summed E-state index contributed by atoms with van der Waals surface area (Å²) in [4.78, 5) is 3.11. The first-order valence-electron chi connectivity index (χ1n) is 6.11. The van der Waals surface area contributed by atoms with Crippen molar-refractivity contribution in [3.63, 3.8) is 0 Å². The number of aromatic nitrogens is 1. The van der Waals surface area contributed by atoms with Gasteiger partial charge in [-0.2, -0.15) is 0 Å². The van der Waals surface area contributed by atoms with E-state index in [4.69, 9.17) is 0 Å². The molecule has 1 aliphatic carbocycles. The van der Waals surface area contributed by atoms with Gasteiger partial charge in [-0.05, 0) is 36.6 Å². The predicted molar refractivity (Wildman–Crippen MR) is 72.0 cm³/mol. The Morgan fingerprint density at radius 2 is 2.16 bits per heavy atom. The molecule has 1 aromatic heterocycles. The number of sulfonamides is 1. The van der Waals surface area contributed by atoms with Gasteiger partial charge in [0.2, 0.25) is 10.0 Å². The molecule has 0 saturated heterocycles. The lowest BCUT2D eigenvalue weighted by Gasteiger charge is -2.14. The molecule has 1 saturated carbocycles.